The topological polar surface area (TPSA) is 90.7 Å². The van der Waals surface area contributed by atoms with Crippen molar-refractivity contribution in [3.05, 3.63) is 34.5 Å². The molecule has 3 heterocycles. The average Bonchev–Trinajstić information content (AvgIpc) is 3.08. The highest BCUT2D eigenvalue weighted by molar-refractivity contribution is 7.09. The molecule has 0 saturated carbocycles. The van der Waals surface area contributed by atoms with Gasteiger partial charge in [0, 0.05) is 11.9 Å². The van der Waals surface area contributed by atoms with Crippen molar-refractivity contribution >= 4 is 11.3 Å². The van der Waals surface area contributed by atoms with E-state index in [1.165, 1.54) is 23.5 Å². The van der Waals surface area contributed by atoms with Crippen LogP contribution in [0.25, 0.3) is 23.1 Å². The van der Waals surface area contributed by atoms with Crippen molar-refractivity contribution in [3.8, 4) is 23.1 Å². The van der Waals surface area contributed by atoms with Gasteiger partial charge in [-0.25, -0.2) is 14.4 Å². The molecule has 96 valence electrons. The molecule has 0 amide bonds. The lowest BCUT2D eigenvalue weighted by atomic mass is 10.3. The molecule has 0 radical (unpaired) electrons. The molecule has 6 nitrogen and oxygen atoms in total. The van der Waals surface area contributed by atoms with Crippen LogP contribution >= 0.6 is 11.3 Å². The van der Waals surface area contributed by atoms with Crippen LogP contribution < -0.4 is 5.73 Å². The summed E-state index contributed by atoms with van der Waals surface area (Å²) >= 11 is 1.42. The molecule has 3 aromatic heterocycles. The molecule has 3 rings (SSSR count). The van der Waals surface area contributed by atoms with Gasteiger partial charge in [-0.15, -0.1) is 11.3 Å². The van der Waals surface area contributed by atoms with Crippen LogP contribution in [0.2, 0.25) is 0 Å². The monoisotopic (exact) mass is 277 g/mol. The summed E-state index contributed by atoms with van der Waals surface area (Å²) < 4.78 is 17.9. The van der Waals surface area contributed by atoms with Crippen molar-refractivity contribution in [3.63, 3.8) is 0 Å². The molecule has 0 aromatic carbocycles. The fraction of sp³-hybridized carbons (Fsp3) is 0.0909. The third-order valence-electron chi connectivity index (χ3n) is 2.33. The molecule has 0 saturated heterocycles. The van der Waals surface area contributed by atoms with Gasteiger partial charge in [0.05, 0.1) is 6.20 Å². The molecule has 19 heavy (non-hydrogen) atoms. The number of nitrogens with zero attached hydrogens (tertiary/aromatic N) is 4. The molecule has 0 aliphatic rings. The van der Waals surface area contributed by atoms with Crippen molar-refractivity contribution < 1.29 is 8.91 Å². The third-order valence-corrected chi connectivity index (χ3v) is 3.20. The zero-order valence-corrected chi connectivity index (χ0v) is 10.4. The molecular formula is C11H8FN5OS. The van der Waals surface area contributed by atoms with Crippen molar-refractivity contribution in [1.29, 1.82) is 0 Å². The first-order chi connectivity index (χ1) is 9.26. The molecule has 0 fully saturated rings. The predicted molar refractivity (Wildman–Crippen MR) is 66.5 cm³/mol. The largest absolute Gasteiger partial charge is 0.332 e. The number of aromatic nitrogens is 4. The number of halogens is 1. The van der Waals surface area contributed by atoms with E-state index >= 15 is 0 Å². The van der Waals surface area contributed by atoms with Gasteiger partial charge in [-0.05, 0) is 12.1 Å². The smallest absolute Gasteiger partial charge is 0.277 e. The second-order valence-electron chi connectivity index (χ2n) is 3.62. The highest BCUT2D eigenvalue weighted by Gasteiger charge is 2.14. The molecule has 0 spiro atoms. The maximum atomic E-state index is 12.8. The summed E-state index contributed by atoms with van der Waals surface area (Å²) in [6.07, 6.45) is 1.10. The quantitative estimate of drug-likeness (QED) is 0.785. The lowest BCUT2D eigenvalue weighted by Gasteiger charge is -1.91. The fourth-order valence-corrected chi connectivity index (χ4v) is 2.09. The number of nitrogens with two attached hydrogens (primary N) is 1. The van der Waals surface area contributed by atoms with E-state index in [0.29, 0.717) is 17.9 Å². The zero-order chi connectivity index (χ0) is 13.2. The van der Waals surface area contributed by atoms with Crippen molar-refractivity contribution in [2.45, 2.75) is 6.54 Å². The summed E-state index contributed by atoms with van der Waals surface area (Å²) in [6.45, 7) is 0.366. The van der Waals surface area contributed by atoms with E-state index in [9.17, 15) is 4.39 Å². The van der Waals surface area contributed by atoms with Crippen LogP contribution in [0.4, 0.5) is 4.39 Å². The number of thiazole rings is 1. The van der Waals surface area contributed by atoms with Crippen molar-refractivity contribution in [1.82, 2.24) is 20.1 Å². The van der Waals surface area contributed by atoms with Gasteiger partial charge in [-0.1, -0.05) is 5.16 Å². The minimum atomic E-state index is -0.417. The van der Waals surface area contributed by atoms with Crippen LogP contribution in [0.1, 0.15) is 5.01 Å². The van der Waals surface area contributed by atoms with Gasteiger partial charge in [0.2, 0.25) is 5.82 Å². The number of pyridine rings is 1. The summed E-state index contributed by atoms with van der Waals surface area (Å²) in [5, 5.41) is 6.37. The fourth-order valence-electron chi connectivity index (χ4n) is 1.44. The molecule has 8 heteroatoms. The van der Waals surface area contributed by atoms with Gasteiger partial charge in [-0.2, -0.15) is 4.98 Å². The van der Waals surface area contributed by atoms with Crippen LogP contribution in [0.3, 0.4) is 0 Å². The first kappa shape index (κ1) is 11.9. The van der Waals surface area contributed by atoms with Crippen molar-refractivity contribution in [2.24, 2.45) is 5.73 Å². The Morgan fingerprint density at radius 1 is 1.26 bits per heavy atom. The first-order valence-electron chi connectivity index (χ1n) is 5.37. The Morgan fingerprint density at radius 2 is 2.16 bits per heavy atom. The Morgan fingerprint density at radius 3 is 2.84 bits per heavy atom. The van der Waals surface area contributed by atoms with E-state index in [-0.39, 0.29) is 11.7 Å². The SMILES string of the molecule is NCc1nc(-c2nc(-c3ccc(F)cn3)no2)cs1. The van der Waals surface area contributed by atoms with E-state index in [0.717, 1.165) is 11.2 Å². The predicted octanol–water partition coefficient (Wildman–Crippen LogP) is 1.85. The molecule has 0 atom stereocenters. The van der Waals surface area contributed by atoms with E-state index in [1.54, 1.807) is 5.38 Å². The Labute approximate surface area is 111 Å². The molecule has 3 aromatic rings. The van der Waals surface area contributed by atoms with Crippen LogP contribution in [-0.2, 0) is 6.54 Å². The number of hydrogen-bond donors (Lipinski definition) is 1. The minimum absolute atomic E-state index is 0.289. The molecule has 0 aliphatic carbocycles. The average molecular weight is 277 g/mol. The summed E-state index contributed by atoms with van der Waals surface area (Å²) in [5.41, 5.74) is 6.50. The van der Waals surface area contributed by atoms with Crippen LogP contribution in [0.5, 0.6) is 0 Å². The Kier molecular flexibility index (Phi) is 3.02. The minimum Gasteiger partial charge on any atom is -0.332 e. The van der Waals surface area contributed by atoms with Gasteiger partial charge < -0.3 is 10.3 Å². The van der Waals surface area contributed by atoms with E-state index < -0.39 is 5.82 Å². The first-order valence-corrected chi connectivity index (χ1v) is 6.24. The van der Waals surface area contributed by atoms with Crippen LogP contribution in [-0.4, -0.2) is 20.1 Å². The Balaban J connectivity index is 1.92. The highest BCUT2D eigenvalue weighted by atomic mass is 32.1. The number of rotatable bonds is 3. The van der Waals surface area contributed by atoms with Gasteiger partial charge >= 0.3 is 0 Å². The molecular weight excluding hydrogens is 269 g/mol. The summed E-state index contributed by atoms with van der Waals surface area (Å²) in [5.74, 6) is 0.161. The van der Waals surface area contributed by atoms with E-state index in [4.69, 9.17) is 10.3 Å². The summed E-state index contributed by atoms with van der Waals surface area (Å²) in [6, 6.07) is 2.77. The Hall–Kier alpha value is -2.19. The van der Waals surface area contributed by atoms with Crippen LogP contribution in [0.15, 0.2) is 28.2 Å². The molecule has 0 bridgehead atoms. The summed E-state index contributed by atoms with van der Waals surface area (Å²) in [4.78, 5) is 12.3. The van der Waals surface area contributed by atoms with Crippen LogP contribution in [0, 0.1) is 5.82 Å². The van der Waals surface area contributed by atoms with Gasteiger partial charge in [0.25, 0.3) is 5.89 Å². The van der Waals surface area contributed by atoms with E-state index in [1.807, 2.05) is 0 Å². The second-order valence-corrected chi connectivity index (χ2v) is 4.56. The molecule has 2 N–H and O–H groups in total. The molecule has 0 unspecified atom stereocenters. The highest BCUT2D eigenvalue weighted by Crippen LogP contribution is 2.22. The van der Waals surface area contributed by atoms with Gasteiger partial charge in [-0.3, -0.25) is 0 Å². The lowest BCUT2D eigenvalue weighted by Crippen LogP contribution is -1.94. The van der Waals surface area contributed by atoms with Gasteiger partial charge in [0.1, 0.15) is 22.2 Å². The third kappa shape index (κ3) is 2.35. The standard InChI is InChI=1S/C11H8FN5OS/c12-6-1-2-7(14-4-6)10-16-11(18-17-10)8-5-19-9(3-13)15-8/h1-2,4-5H,3,13H2. The number of hydrogen-bond acceptors (Lipinski definition) is 7. The summed E-state index contributed by atoms with van der Waals surface area (Å²) in [7, 11) is 0. The van der Waals surface area contributed by atoms with Gasteiger partial charge in [0.15, 0.2) is 0 Å². The zero-order valence-electron chi connectivity index (χ0n) is 9.58. The maximum absolute atomic E-state index is 12.8. The van der Waals surface area contributed by atoms with E-state index in [2.05, 4.69) is 20.1 Å². The second kappa shape index (κ2) is 4.82. The lowest BCUT2D eigenvalue weighted by molar-refractivity contribution is 0.431. The maximum Gasteiger partial charge on any atom is 0.277 e. The van der Waals surface area contributed by atoms with Crippen molar-refractivity contribution in [2.75, 3.05) is 0 Å². The Bertz CT molecular complexity index is 693. The normalized spacial score (nSPS) is 10.8. The molecule has 0 aliphatic heterocycles.